The molecule has 10 rings (SSSR count). The van der Waals surface area contributed by atoms with Crippen molar-refractivity contribution in [1.82, 2.24) is 29.9 Å². The van der Waals surface area contributed by atoms with Crippen LogP contribution in [0.4, 0.5) is 0 Å². The van der Waals surface area contributed by atoms with Crippen molar-refractivity contribution in [1.29, 1.82) is 0 Å². The van der Waals surface area contributed by atoms with E-state index < -0.39 is 0 Å². The molecule has 0 unspecified atom stereocenters. The van der Waals surface area contributed by atoms with E-state index in [0.717, 1.165) is 22.4 Å². The summed E-state index contributed by atoms with van der Waals surface area (Å²) >= 11 is 0. The van der Waals surface area contributed by atoms with Gasteiger partial charge in [-0.1, -0.05) is 124 Å². The fourth-order valence-electron chi connectivity index (χ4n) is 6.69. The van der Waals surface area contributed by atoms with Crippen molar-refractivity contribution in [3.8, 4) is 0 Å². The molecule has 0 saturated heterocycles. The summed E-state index contributed by atoms with van der Waals surface area (Å²) in [7, 11) is 0. The number of fused-ring (bicyclic) bond motifs is 5. The van der Waals surface area contributed by atoms with Crippen LogP contribution in [0.1, 0.15) is 127 Å². The monoisotopic (exact) mass is 798 g/mol. The number of para-hydroxylation sites is 3. The number of aromatic nitrogens is 6. The largest absolute Gasteiger partial charge is 0.461 e. The van der Waals surface area contributed by atoms with Gasteiger partial charge in [-0.15, -0.1) is 0 Å². The first-order valence-corrected chi connectivity index (χ1v) is 21.4. The molecule has 7 nitrogen and oxygen atoms in total. The molecule has 7 aromatic heterocycles. The van der Waals surface area contributed by atoms with Crippen molar-refractivity contribution in [2.24, 2.45) is 0 Å². The van der Waals surface area contributed by atoms with E-state index in [1.165, 1.54) is 60.9 Å². The minimum absolute atomic E-state index is 0.470. The number of aromatic amines is 4. The van der Waals surface area contributed by atoms with Crippen molar-refractivity contribution < 1.29 is 4.42 Å². The van der Waals surface area contributed by atoms with Gasteiger partial charge in [-0.25, -0.2) is 0 Å². The van der Waals surface area contributed by atoms with Gasteiger partial charge in [0.15, 0.2) is 0 Å². The molecule has 0 spiro atoms. The summed E-state index contributed by atoms with van der Waals surface area (Å²) < 4.78 is 5.63. The Balaban J connectivity index is 0.000000126. The molecule has 10 aromatic rings. The van der Waals surface area contributed by atoms with Crippen molar-refractivity contribution in [3.63, 3.8) is 0 Å². The molecule has 3 aromatic carbocycles. The average Bonchev–Trinajstić information content (AvgIpc) is 4.09. The maximum atomic E-state index is 5.63. The number of furan rings is 1. The normalized spacial score (nSPS) is 11.2. The van der Waals surface area contributed by atoms with E-state index in [1.807, 2.05) is 55.0 Å². The maximum Gasteiger partial charge on any atom is 0.134 e. The highest BCUT2D eigenvalue weighted by atomic mass is 16.3. The number of nitrogens with zero attached hydrogens (tertiary/aromatic N) is 2. The Bertz CT molecular complexity index is 2220. The first-order valence-electron chi connectivity index (χ1n) is 21.4. The van der Waals surface area contributed by atoms with Crippen molar-refractivity contribution in [3.05, 3.63) is 168 Å². The molecule has 0 aliphatic carbocycles. The molecule has 0 amide bonds. The van der Waals surface area contributed by atoms with E-state index in [1.54, 1.807) is 0 Å². The van der Waals surface area contributed by atoms with E-state index in [9.17, 15) is 0 Å². The summed E-state index contributed by atoms with van der Waals surface area (Å²) in [6, 6.07) is 41.7. The Morgan fingerprint density at radius 3 is 1.33 bits per heavy atom. The molecule has 0 bridgehead atoms. The third kappa shape index (κ3) is 11.2. The molecular weight excluding hydrogens is 737 g/mol. The second-order valence-electron chi connectivity index (χ2n) is 16.9. The smallest absolute Gasteiger partial charge is 0.134 e. The van der Waals surface area contributed by atoms with Crippen molar-refractivity contribution in [2.45, 2.75) is 98.8 Å². The molecule has 0 aliphatic rings. The summed E-state index contributed by atoms with van der Waals surface area (Å²) in [4.78, 5) is 21.8. The third-order valence-corrected chi connectivity index (χ3v) is 10.5. The van der Waals surface area contributed by atoms with Crippen LogP contribution in [0.5, 0.6) is 0 Å². The minimum Gasteiger partial charge on any atom is -0.461 e. The van der Waals surface area contributed by atoms with E-state index >= 15 is 0 Å². The quantitative estimate of drug-likeness (QED) is 0.139. The molecule has 7 heteroatoms. The standard InChI is InChI=1S/2C11H13N.C11H12O.2C10H12N2/c3*1-8(2)11-7-9-5-3-4-6-10(9)12-11;1-7(2)10-5-8-6-11-4-3-9(8)12-10;1-7(2)9-6-10-8(12-9)4-3-5-11-10/h2*3-8,12H,1-2H3;3-8H,1-2H3;2*3-7,12H,1-2H3. The van der Waals surface area contributed by atoms with E-state index in [4.69, 9.17) is 4.42 Å². The van der Waals surface area contributed by atoms with Crippen LogP contribution in [-0.2, 0) is 0 Å². The van der Waals surface area contributed by atoms with Crippen molar-refractivity contribution >= 4 is 54.7 Å². The van der Waals surface area contributed by atoms with Crippen LogP contribution in [0.25, 0.3) is 54.7 Å². The lowest BCUT2D eigenvalue weighted by atomic mass is 10.1. The number of H-pyrrole nitrogens is 4. The van der Waals surface area contributed by atoms with Crippen molar-refractivity contribution in [2.75, 3.05) is 0 Å². The Morgan fingerprint density at radius 2 is 0.850 bits per heavy atom. The highest BCUT2D eigenvalue weighted by Gasteiger charge is 2.07. The second-order valence-corrected chi connectivity index (χ2v) is 16.9. The minimum atomic E-state index is 0.470. The Labute approximate surface area is 355 Å². The number of hydrogen-bond donors (Lipinski definition) is 4. The van der Waals surface area contributed by atoms with Gasteiger partial charge < -0.3 is 24.4 Å². The first-order chi connectivity index (χ1) is 28.9. The molecule has 7 heterocycles. The van der Waals surface area contributed by atoms with E-state index in [-0.39, 0.29) is 0 Å². The van der Waals surface area contributed by atoms with Crippen LogP contribution in [0.3, 0.4) is 0 Å². The Morgan fingerprint density at radius 1 is 0.400 bits per heavy atom. The lowest BCUT2D eigenvalue weighted by molar-refractivity contribution is 0.522. The van der Waals surface area contributed by atoms with Crippen LogP contribution in [-0.4, -0.2) is 29.9 Å². The molecule has 0 aliphatic heterocycles. The lowest BCUT2D eigenvalue weighted by Crippen LogP contribution is -1.84. The zero-order valence-electron chi connectivity index (χ0n) is 37.0. The SMILES string of the molecule is CC(C)c1cc2ccccc2[nH]1.CC(C)c1cc2ccccc2[nH]1.CC(C)c1cc2ccccc2o1.CC(C)c1cc2cnccc2[nH]1.CC(C)c1cc2ncccc2[nH]1. The Hall–Kier alpha value is -6.34. The predicted octanol–water partition coefficient (Wildman–Crippen LogP) is 15.5. The lowest BCUT2D eigenvalue weighted by Gasteiger charge is -1.97. The first kappa shape index (κ1) is 43.2. The second kappa shape index (κ2) is 20.1. The Kier molecular flexibility index (Phi) is 14.5. The van der Waals surface area contributed by atoms with Gasteiger partial charge in [-0.2, -0.15) is 0 Å². The number of rotatable bonds is 5. The molecule has 0 fully saturated rings. The van der Waals surface area contributed by atoms with E-state index in [2.05, 4.69) is 184 Å². The molecule has 310 valence electrons. The summed E-state index contributed by atoms with van der Waals surface area (Å²) in [6.45, 7) is 21.8. The third-order valence-electron chi connectivity index (χ3n) is 10.5. The van der Waals surface area contributed by atoms with Gasteiger partial charge in [0.25, 0.3) is 0 Å². The number of hydrogen-bond acceptors (Lipinski definition) is 3. The van der Waals surface area contributed by atoms with Crippen LogP contribution in [0.15, 0.2) is 144 Å². The summed E-state index contributed by atoms with van der Waals surface area (Å²) in [5.74, 6) is 3.79. The zero-order valence-corrected chi connectivity index (χ0v) is 37.0. The summed E-state index contributed by atoms with van der Waals surface area (Å²) in [5, 5.41) is 5.00. The van der Waals surface area contributed by atoms with Gasteiger partial charge in [0, 0.05) is 74.6 Å². The molecule has 4 N–H and O–H groups in total. The van der Waals surface area contributed by atoms with Gasteiger partial charge in [0.2, 0.25) is 0 Å². The van der Waals surface area contributed by atoms with Crippen LogP contribution < -0.4 is 0 Å². The summed E-state index contributed by atoms with van der Waals surface area (Å²) in [5.41, 5.74) is 12.0. The fraction of sp³-hybridized carbons (Fsp3) is 0.283. The van der Waals surface area contributed by atoms with Gasteiger partial charge in [0.05, 0.1) is 11.0 Å². The predicted molar refractivity (Wildman–Crippen MR) is 255 cm³/mol. The zero-order chi connectivity index (χ0) is 42.8. The van der Waals surface area contributed by atoms with Gasteiger partial charge in [-0.3, -0.25) is 9.97 Å². The fourth-order valence-corrected chi connectivity index (χ4v) is 6.69. The van der Waals surface area contributed by atoms with Crippen LogP contribution in [0, 0.1) is 0 Å². The molecule has 0 saturated carbocycles. The van der Waals surface area contributed by atoms with Gasteiger partial charge in [-0.05, 0) is 101 Å². The average molecular weight is 799 g/mol. The molecule has 0 radical (unpaired) electrons. The van der Waals surface area contributed by atoms with Gasteiger partial charge >= 0.3 is 0 Å². The molecular formula is C53H62N6O. The maximum absolute atomic E-state index is 5.63. The van der Waals surface area contributed by atoms with E-state index in [0.29, 0.717) is 29.6 Å². The van der Waals surface area contributed by atoms with Crippen LogP contribution >= 0.6 is 0 Å². The highest BCUT2D eigenvalue weighted by Crippen LogP contribution is 2.25. The summed E-state index contributed by atoms with van der Waals surface area (Å²) in [6.07, 6.45) is 5.51. The number of nitrogens with one attached hydrogen (secondary N) is 4. The topological polar surface area (TPSA) is 102 Å². The molecule has 0 atom stereocenters. The number of pyridine rings is 2. The van der Waals surface area contributed by atoms with Crippen LogP contribution in [0.2, 0.25) is 0 Å². The highest BCUT2D eigenvalue weighted by molar-refractivity contribution is 5.82. The molecule has 60 heavy (non-hydrogen) atoms. The number of benzene rings is 3. The van der Waals surface area contributed by atoms with Gasteiger partial charge in [0.1, 0.15) is 11.3 Å².